The van der Waals surface area contributed by atoms with Crippen molar-refractivity contribution in [3.05, 3.63) is 0 Å². The molecular formula is C9H19NO2Si. The Morgan fingerprint density at radius 1 is 1.46 bits per heavy atom. The fraction of sp³-hybridized carbons (Fsp3) is 0.889. The maximum Gasteiger partial charge on any atom is 0.246 e. The molecular weight excluding hydrogens is 182 g/mol. The molecule has 0 N–H and O–H groups in total. The van der Waals surface area contributed by atoms with Crippen LogP contribution in [0.3, 0.4) is 0 Å². The Kier molecular flexibility index (Phi) is 3.50. The normalized spacial score (nSPS) is 18.4. The van der Waals surface area contributed by atoms with E-state index in [1.54, 1.807) is 0 Å². The van der Waals surface area contributed by atoms with Crippen molar-refractivity contribution >= 4 is 14.0 Å². The topological polar surface area (TPSA) is 29.5 Å². The van der Waals surface area contributed by atoms with Gasteiger partial charge < -0.3 is 0 Å². The second-order valence-electron chi connectivity index (χ2n) is 4.74. The fourth-order valence-electron chi connectivity index (χ4n) is 1.22. The van der Waals surface area contributed by atoms with Gasteiger partial charge in [-0.1, -0.05) is 19.6 Å². The predicted molar refractivity (Wildman–Crippen MR) is 55.1 cm³/mol. The number of hydroxylamine groups is 2. The molecule has 1 heterocycles. The second kappa shape index (κ2) is 4.24. The molecule has 4 heteroatoms. The van der Waals surface area contributed by atoms with Crippen molar-refractivity contribution in [2.24, 2.45) is 0 Å². The highest BCUT2D eigenvalue weighted by molar-refractivity contribution is 6.76. The molecule has 3 nitrogen and oxygen atoms in total. The zero-order chi connectivity index (χ0) is 9.90. The van der Waals surface area contributed by atoms with Crippen LogP contribution in [0, 0.1) is 0 Å². The van der Waals surface area contributed by atoms with Gasteiger partial charge in [-0.25, -0.2) is 5.06 Å². The zero-order valence-electron chi connectivity index (χ0n) is 8.80. The summed E-state index contributed by atoms with van der Waals surface area (Å²) in [5, 5.41) is 1.53. The lowest BCUT2D eigenvalue weighted by Gasteiger charge is -2.19. The van der Waals surface area contributed by atoms with Crippen molar-refractivity contribution in [2.45, 2.75) is 38.5 Å². The van der Waals surface area contributed by atoms with Crippen LogP contribution in [0.25, 0.3) is 0 Å². The minimum absolute atomic E-state index is 0.149. The zero-order valence-corrected chi connectivity index (χ0v) is 9.80. The van der Waals surface area contributed by atoms with Gasteiger partial charge in [0.1, 0.15) is 0 Å². The molecule has 1 rings (SSSR count). The Bertz CT molecular complexity index is 189. The summed E-state index contributed by atoms with van der Waals surface area (Å²) in [6.45, 7) is 8.42. The highest BCUT2D eigenvalue weighted by Gasteiger charge is 2.21. The van der Waals surface area contributed by atoms with Crippen LogP contribution in [0.15, 0.2) is 0 Å². The number of rotatable bonds is 4. The van der Waals surface area contributed by atoms with Crippen molar-refractivity contribution in [3.8, 4) is 0 Å². The molecule has 0 spiro atoms. The summed E-state index contributed by atoms with van der Waals surface area (Å²) in [6, 6.07) is 1.12. The molecule has 13 heavy (non-hydrogen) atoms. The van der Waals surface area contributed by atoms with Crippen LogP contribution in [0.1, 0.15) is 12.8 Å². The number of carbonyl (C=O) groups excluding carboxylic acids is 1. The molecule has 0 radical (unpaired) electrons. The summed E-state index contributed by atoms with van der Waals surface area (Å²) in [7, 11) is -1.01. The van der Waals surface area contributed by atoms with E-state index in [9.17, 15) is 4.79 Å². The average molecular weight is 201 g/mol. The SMILES string of the molecule is C[Si](C)(C)CCON1CCCC1=O. The Morgan fingerprint density at radius 2 is 2.15 bits per heavy atom. The maximum absolute atomic E-state index is 11.1. The molecule has 0 aromatic heterocycles. The minimum Gasteiger partial charge on any atom is -0.273 e. The fourth-order valence-corrected chi connectivity index (χ4v) is 1.93. The standard InChI is InChI=1S/C9H19NO2Si/c1-13(2,3)8-7-12-10-6-4-5-9(10)11/h4-8H2,1-3H3. The number of nitrogens with zero attached hydrogens (tertiary/aromatic N) is 1. The lowest BCUT2D eigenvalue weighted by atomic mass is 10.4. The lowest BCUT2D eigenvalue weighted by Crippen LogP contribution is -2.29. The molecule has 0 atom stereocenters. The first-order valence-electron chi connectivity index (χ1n) is 4.92. The Hall–Kier alpha value is -0.353. The van der Waals surface area contributed by atoms with Crippen LogP contribution < -0.4 is 0 Å². The van der Waals surface area contributed by atoms with Crippen LogP contribution in [-0.2, 0) is 9.63 Å². The Balaban J connectivity index is 2.16. The van der Waals surface area contributed by atoms with Crippen LogP contribution in [0.5, 0.6) is 0 Å². The van der Waals surface area contributed by atoms with Gasteiger partial charge in [0.15, 0.2) is 0 Å². The highest BCUT2D eigenvalue weighted by atomic mass is 28.3. The summed E-state index contributed by atoms with van der Waals surface area (Å²) < 4.78 is 0. The maximum atomic E-state index is 11.1. The Morgan fingerprint density at radius 3 is 2.62 bits per heavy atom. The van der Waals surface area contributed by atoms with Crippen molar-refractivity contribution in [1.82, 2.24) is 5.06 Å². The van der Waals surface area contributed by atoms with Crippen molar-refractivity contribution < 1.29 is 9.63 Å². The third kappa shape index (κ3) is 3.91. The van der Waals surface area contributed by atoms with Crippen molar-refractivity contribution in [3.63, 3.8) is 0 Å². The van der Waals surface area contributed by atoms with Gasteiger partial charge in [-0.05, 0) is 12.5 Å². The first kappa shape index (κ1) is 10.7. The Labute approximate surface area is 81.0 Å². The monoisotopic (exact) mass is 201 g/mol. The third-order valence-electron chi connectivity index (χ3n) is 2.13. The van der Waals surface area contributed by atoms with Crippen molar-refractivity contribution in [2.75, 3.05) is 13.2 Å². The van der Waals surface area contributed by atoms with E-state index >= 15 is 0 Å². The summed E-state index contributed by atoms with van der Waals surface area (Å²) in [5.74, 6) is 0.149. The molecule has 76 valence electrons. The molecule has 1 amide bonds. The summed E-state index contributed by atoms with van der Waals surface area (Å²) in [6.07, 6.45) is 1.61. The van der Waals surface area contributed by atoms with Gasteiger partial charge in [0.05, 0.1) is 6.61 Å². The van der Waals surface area contributed by atoms with Gasteiger partial charge in [0, 0.05) is 21.0 Å². The van der Waals surface area contributed by atoms with Gasteiger partial charge in [0.2, 0.25) is 5.91 Å². The minimum atomic E-state index is -1.01. The van der Waals surface area contributed by atoms with Gasteiger partial charge >= 0.3 is 0 Å². The van der Waals surface area contributed by atoms with E-state index < -0.39 is 8.07 Å². The smallest absolute Gasteiger partial charge is 0.246 e. The summed E-state index contributed by atoms with van der Waals surface area (Å²) in [4.78, 5) is 16.6. The summed E-state index contributed by atoms with van der Waals surface area (Å²) in [5.41, 5.74) is 0. The summed E-state index contributed by atoms with van der Waals surface area (Å²) >= 11 is 0. The van der Waals surface area contributed by atoms with E-state index in [2.05, 4.69) is 19.6 Å². The molecule has 0 aromatic rings. The molecule has 0 unspecified atom stereocenters. The van der Waals surface area contributed by atoms with E-state index in [-0.39, 0.29) is 5.91 Å². The van der Waals surface area contributed by atoms with Gasteiger partial charge in [0.25, 0.3) is 0 Å². The van der Waals surface area contributed by atoms with E-state index in [0.29, 0.717) is 13.0 Å². The highest BCUT2D eigenvalue weighted by Crippen LogP contribution is 2.12. The predicted octanol–water partition coefficient (Wildman–Crippen LogP) is 1.88. The number of carbonyl (C=O) groups is 1. The molecule has 1 aliphatic rings. The first-order chi connectivity index (χ1) is 5.99. The van der Waals surface area contributed by atoms with Gasteiger partial charge in [-0.3, -0.25) is 9.63 Å². The van der Waals surface area contributed by atoms with Crippen LogP contribution in [0.4, 0.5) is 0 Å². The molecule has 0 aromatic carbocycles. The quantitative estimate of drug-likeness (QED) is 0.650. The van der Waals surface area contributed by atoms with E-state index in [0.717, 1.165) is 19.0 Å². The van der Waals surface area contributed by atoms with E-state index in [1.807, 2.05) is 0 Å². The second-order valence-corrected chi connectivity index (χ2v) is 10.4. The molecule has 1 aliphatic heterocycles. The molecule has 0 bridgehead atoms. The van der Waals surface area contributed by atoms with Crippen LogP contribution in [0.2, 0.25) is 25.7 Å². The van der Waals surface area contributed by atoms with Crippen LogP contribution >= 0.6 is 0 Å². The van der Waals surface area contributed by atoms with Crippen molar-refractivity contribution in [1.29, 1.82) is 0 Å². The number of hydrogen-bond acceptors (Lipinski definition) is 2. The average Bonchev–Trinajstić information content (AvgIpc) is 2.34. The van der Waals surface area contributed by atoms with Gasteiger partial charge in [-0.2, -0.15) is 0 Å². The lowest BCUT2D eigenvalue weighted by molar-refractivity contribution is -0.175. The van der Waals surface area contributed by atoms with Crippen LogP contribution in [-0.4, -0.2) is 32.2 Å². The van der Waals surface area contributed by atoms with Gasteiger partial charge in [-0.15, -0.1) is 0 Å². The molecule has 0 saturated carbocycles. The molecule has 1 saturated heterocycles. The molecule has 0 aliphatic carbocycles. The number of hydrogen-bond donors (Lipinski definition) is 0. The largest absolute Gasteiger partial charge is 0.273 e. The molecule has 1 fully saturated rings. The third-order valence-corrected chi connectivity index (χ3v) is 3.83. The number of amides is 1. The van der Waals surface area contributed by atoms with E-state index in [4.69, 9.17) is 4.84 Å². The first-order valence-corrected chi connectivity index (χ1v) is 8.63. The van der Waals surface area contributed by atoms with E-state index in [1.165, 1.54) is 5.06 Å².